The summed E-state index contributed by atoms with van der Waals surface area (Å²) in [6, 6.07) is 16.3. The van der Waals surface area contributed by atoms with Gasteiger partial charge in [-0.3, -0.25) is 0 Å². The molecule has 0 spiro atoms. The van der Waals surface area contributed by atoms with Gasteiger partial charge in [0, 0.05) is 18.7 Å². The highest BCUT2D eigenvalue weighted by molar-refractivity contribution is 7.89. The van der Waals surface area contributed by atoms with Crippen LogP contribution in [0.2, 0.25) is 0 Å². The number of aromatic nitrogens is 2. The summed E-state index contributed by atoms with van der Waals surface area (Å²) in [6.45, 7) is 0.682. The standard InChI is InChI=1S/C21H23N3O6S/c1-27-17-9-7-16(8-10-17)20-22-21(30-23-20)19-15-24(11-12-29-19)31(25,26)14-13-28-18-5-3-2-4-6-18/h2-10,19H,11-15H2,1H3. The Morgan fingerprint density at radius 3 is 2.61 bits per heavy atom. The lowest BCUT2D eigenvalue weighted by Gasteiger charge is -2.30. The lowest BCUT2D eigenvalue weighted by atomic mass is 10.2. The summed E-state index contributed by atoms with van der Waals surface area (Å²) in [5.74, 6) is 1.87. The first-order valence-electron chi connectivity index (χ1n) is 9.80. The zero-order valence-electron chi connectivity index (χ0n) is 17.0. The van der Waals surface area contributed by atoms with Crippen LogP contribution in [0.5, 0.6) is 11.5 Å². The van der Waals surface area contributed by atoms with Crippen molar-refractivity contribution in [1.29, 1.82) is 0 Å². The molecule has 1 aliphatic rings. The molecule has 4 rings (SSSR count). The Morgan fingerprint density at radius 1 is 1.10 bits per heavy atom. The molecular formula is C21H23N3O6S. The number of benzene rings is 2. The predicted molar refractivity (Wildman–Crippen MR) is 112 cm³/mol. The topological polar surface area (TPSA) is 104 Å². The maximum Gasteiger partial charge on any atom is 0.257 e. The van der Waals surface area contributed by atoms with Crippen LogP contribution in [0.25, 0.3) is 11.4 Å². The van der Waals surface area contributed by atoms with Crippen LogP contribution in [0.4, 0.5) is 0 Å². The van der Waals surface area contributed by atoms with E-state index in [0.29, 0.717) is 11.6 Å². The first-order chi connectivity index (χ1) is 15.0. The summed E-state index contributed by atoms with van der Waals surface area (Å²) in [7, 11) is -1.93. The highest BCUT2D eigenvalue weighted by atomic mass is 32.2. The quantitative estimate of drug-likeness (QED) is 0.521. The second-order valence-electron chi connectivity index (χ2n) is 6.88. The number of sulfonamides is 1. The molecule has 1 fully saturated rings. The van der Waals surface area contributed by atoms with E-state index in [1.807, 2.05) is 30.3 Å². The second-order valence-corrected chi connectivity index (χ2v) is 8.97. The van der Waals surface area contributed by atoms with E-state index in [-0.39, 0.29) is 37.9 Å². The van der Waals surface area contributed by atoms with Gasteiger partial charge in [-0.25, -0.2) is 8.42 Å². The average Bonchev–Trinajstić information content (AvgIpc) is 3.30. The van der Waals surface area contributed by atoms with Crippen LogP contribution >= 0.6 is 0 Å². The van der Waals surface area contributed by atoms with Gasteiger partial charge in [-0.15, -0.1) is 0 Å². The molecule has 1 aliphatic heterocycles. The molecule has 164 valence electrons. The number of nitrogens with zero attached hydrogens (tertiary/aromatic N) is 3. The minimum absolute atomic E-state index is 0.0660. The number of morpholine rings is 1. The van der Waals surface area contributed by atoms with E-state index in [0.717, 1.165) is 11.3 Å². The van der Waals surface area contributed by atoms with Gasteiger partial charge in [-0.1, -0.05) is 23.4 Å². The van der Waals surface area contributed by atoms with Gasteiger partial charge in [-0.05, 0) is 36.4 Å². The van der Waals surface area contributed by atoms with Gasteiger partial charge in [0.05, 0.1) is 19.5 Å². The van der Waals surface area contributed by atoms with Crippen LogP contribution in [-0.2, 0) is 14.8 Å². The van der Waals surface area contributed by atoms with E-state index in [4.69, 9.17) is 18.7 Å². The molecule has 10 heteroatoms. The molecule has 31 heavy (non-hydrogen) atoms. The van der Waals surface area contributed by atoms with Gasteiger partial charge >= 0.3 is 0 Å². The third kappa shape index (κ3) is 5.22. The molecule has 1 unspecified atom stereocenters. The number of hydrogen-bond donors (Lipinski definition) is 0. The normalized spacial score (nSPS) is 17.4. The van der Waals surface area contributed by atoms with Crippen molar-refractivity contribution in [2.75, 3.05) is 39.2 Å². The molecule has 0 aliphatic carbocycles. The van der Waals surface area contributed by atoms with E-state index in [1.54, 1.807) is 31.4 Å². The van der Waals surface area contributed by atoms with Crippen molar-refractivity contribution in [3.63, 3.8) is 0 Å². The van der Waals surface area contributed by atoms with Crippen molar-refractivity contribution in [1.82, 2.24) is 14.4 Å². The van der Waals surface area contributed by atoms with Gasteiger partial charge in [-0.2, -0.15) is 9.29 Å². The molecule has 1 atom stereocenters. The van der Waals surface area contributed by atoms with Crippen molar-refractivity contribution in [3.8, 4) is 22.9 Å². The molecule has 1 aromatic heterocycles. The zero-order valence-corrected chi connectivity index (χ0v) is 17.8. The Morgan fingerprint density at radius 2 is 1.87 bits per heavy atom. The van der Waals surface area contributed by atoms with E-state index in [9.17, 15) is 8.42 Å². The van der Waals surface area contributed by atoms with Crippen molar-refractivity contribution in [2.24, 2.45) is 0 Å². The van der Waals surface area contributed by atoms with Crippen LogP contribution in [0.15, 0.2) is 59.1 Å². The molecule has 0 bridgehead atoms. The lowest BCUT2D eigenvalue weighted by molar-refractivity contribution is -0.0200. The SMILES string of the molecule is COc1ccc(-c2noc(C3CN(S(=O)(=O)CCOc4ccccc4)CCO3)n2)cc1. The first kappa shape index (κ1) is 21.3. The Hall–Kier alpha value is -2.95. The summed E-state index contributed by atoms with van der Waals surface area (Å²) in [5, 5.41) is 3.99. The third-order valence-electron chi connectivity index (χ3n) is 4.84. The average molecular weight is 445 g/mol. The summed E-state index contributed by atoms with van der Waals surface area (Å²) in [4.78, 5) is 4.39. The molecular weight excluding hydrogens is 422 g/mol. The Balaban J connectivity index is 1.38. The van der Waals surface area contributed by atoms with Gasteiger partial charge in [0.25, 0.3) is 5.89 Å². The van der Waals surface area contributed by atoms with Crippen LogP contribution in [0.3, 0.4) is 0 Å². The number of para-hydroxylation sites is 1. The zero-order chi connectivity index (χ0) is 21.7. The summed E-state index contributed by atoms with van der Waals surface area (Å²) in [5.41, 5.74) is 0.758. The van der Waals surface area contributed by atoms with Gasteiger partial charge in [0.15, 0.2) is 6.10 Å². The van der Waals surface area contributed by atoms with E-state index < -0.39 is 16.1 Å². The molecule has 0 saturated carbocycles. The summed E-state index contributed by atoms with van der Waals surface area (Å²) in [6.07, 6.45) is -0.627. The minimum atomic E-state index is -3.52. The molecule has 0 radical (unpaired) electrons. The number of methoxy groups -OCH3 is 1. The Labute approximate surface area is 180 Å². The van der Waals surface area contributed by atoms with Crippen molar-refractivity contribution in [2.45, 2.75) is 6.10 Å². The Kier molecular flexibility index (Phi) is 6.50. The fourth-order valence-electron chi connectivity index (χ4n) is 3.16. The fraction of sp³-hybridized carbons (Fsp3) is 0.333. The minimum Gasteiger partial charge on any atom is -0.497 e. The van der Waals surface area contributed by atoms with Crippen molar-refractivity contribution >= 4 is 10.0 Å². The largest absolute Gasteiger partial charge is 0.497 e. The van der Waals surface area contributed by atoms with Crippen LogP contribution in [0.1, 0.15) is 12.0 Å². The fourth-order valence-corrected chi connectivity index (χ4v) is 4.43. The van der Waals surface area contributed by atoms with Gasteiger partial charge < -0.3 is 18.7 Å². The monoisotopic (exact) mass is 445 g/mol. The number of ether oxygens (including phenoxy) is 3. The maximum atomic E-state index is 12.8. The molecule has 2 aromatic carbocycles. The highest BCUT2D eigenvalue weighted by Gasteiger charge is 2.33. The van der Waals surface area contributed by atoms with E-state index in [1.165, 1.54) is 4.31 Å². The second kappa shape index (κ2) is 9.46. The third-order valence-corrected chi connectivity index (χ3v) is 6.64. The van der Waals surface area contributed by atoms with Gasteiger partial charge in [0.1, 0.15) is 18.1 Å². The molecule has 0 amide bonds. The van der Waals surface area contributed by atoms with Crippen molar-refractivity contribution < 1.29 is 27.2 Å². The van der Waals surface area contributed by atoms with Gasteiger partial charge in [0.2, 0.25) is 15.8 Å². The van der Waals surface area contributed by atoms with Crippen LogP contribution < -0.4 is 9.47 Å². The van der Waals surface area contributed by atoms with E-state index >= 15 is 0 Å². The van der Waals surface area contributed by atoms with Crippen molar-refractivity contribution in [3.05, 3.63) is 60.5 Å². The molecule has 2 heterocycles. The summed E-state index contributed by atoms with van der Waals surface area (Å²) < 4.78 is 48.6. The maximum absolute atomic E-state index is 12.8. The van der Waals surface area contributed by atoms with Crippen LogP contribution in [0, 0.1) is 0 Å². The Bertz CT molecular complexity index is 1090. The summed E-state index contributed by atoms with van der Waals surface area (Å²) >= 11 is 0. The smallest absolute Gasteiger partial charge is 0.257 e. The molecule has 9 nitrogen and oxygen atoms in total. The number of hydrogen-bond acceptors (Lipinski definition) is 8. The predicted octanol–water partition coefficient (Wildman–Crippen LogP) is 2.53. The van der Waals surface area contributed by atoms with E-state index in [2.05, 4.69) is 10.1 Å². The van der Waals surface area contributed by atoms with Crippen LogP contribution in [-0.4, -0.2) is 62.0 Å². The molecule has 1 saturated heterocycles. The lowest BCUT2D eigenvalue weighted by Crippen LogP contribution is -2.44. The number of rotatable bonds is 8. The first-order valence-corrected chi connectivity index (χ1v) is 11.4. The highest BCUT2D eigenvalue weighted by Crippen LogP contribution is 2.26. The molecule has 3 aromatic rings. The molecule has 0 N–H and O–H groups in total.